The van der Waals surface area contributed by atoms with E-state index in [4.69, 9.17) is 4.74 Å². The molecule has 36 heavy (non-hydrogen) atoms. The van der Waals surface area contributed by atoms with Gasteiger partial charge in [0.15, 0.2) is 0 Å². The molecule has 0 saturated heterocycles. The molecule has 1 aliphatic carbocycles. The number of nitrogens with zero attached hydrogens (tertiary/aromatic N) is 1. The molecule has 1 aliphatic rings. The minimum Gasteiger partial charge on any atom is -0.453 e. The Bertz CT molecular complexity index is 989. The first-order valence-electron chi connectivity index (χ1n) is 13.2. The summed E-state index contributed by atoms with van der Waals surface area (Å²) in [6.07, 6.45) is 6.71. The van der Waals surface area contributed by atoms with Gasteiger partial charge in [0.2, 0.25) is 5.78 Å². The molecule has 1 N–H and O–H groups in total. The van der Waals surface area contributed by atoms with Crippen LogP contribution in [0.3, 0.4) is 0 Å². The zero-order valence-electron chi connectivity index (χ0n) is 21.9. The fourth-order valence-corrected chi connectivity index (χ4v) is 5.23. The van der Waals surface area contributed by atoms with Crippen LogP contribution in [-0.2, 0) is 20.7 Å². The quantitative estimate of drug-likeness (QED) is 0.348. The highest BCUT2D eigenvalue weighted by molar-refractivity contribution is 6.38. The molecule has 0 heterocycles. The molecular formula is C30H40N2O4. The lowest BCUT2D eigenvalue weighted by Gasteiger charge is -2.52. The lowest BCUT2D eigenvalue weighted by Crippen LogP contribution is -2.63. The van der Waals surface area contributed by atoms with Gasteiger partial charge in [0, 0.05) is 5.54 Å². The summed E-state index contributed by atoms with van der Waals surface area (Å²) in [4.78, 5) is 41.5. The van der Waals surface area contributed by atoms with Crippen LogP contribution in [0.2, 0.25) is 0 Å². The number of hydrogen-bond donors (Lipinski definition) is 1. The van der Waals surface area contributed by atoms with Crippen molar-refractivity contribution >= 4 is 17.8 Å². The highest BCUT2D eigenvalue weighted by Crippen LogP contribution is 2.44. The summed E-state index contributed by atoms with van der Waals surface area (Å²) in [6.45, 7) is 3.90. The number of ether oxygens (including phenoxy) is 1. The summed E-state index contributed by atoms with van der Waals surface area (Å²) < 4.78 is 5.20. The number of aryl methyl sites for hydroxylation is 1. The van der Waals surface area contributed by atoms with Crippen LogP contribution in [0.5, 0.6) is 0 Å². The summed E-state index contributed by atoms with van der Waals surface area (Å²) in [7, 11) is 1.35. The number of benzene rings is 2. The number of unbranched alkanes of at least 4 members (excludes halogenated alkanes) is 1. The van der Waals surface area contributed by atoms with Gasteiger partial charge in [0.25, 0.3) is 5.91 Å². The Labute approximate surface area is 215 Å². The Morgan fingerprint density at radius 2 is 1.64 bits per heavy atom. The number of methoxy groups -OCH3 is 1. The van der Waals surface area contributed by atoms with Crippen LogP contribution in [0.4, 0.5) is 4.79 Å². The van der Waals surface area contributed by atoms with E-state index in [2.05, 4.69) is 17.4 Å². The number of rotatable bonds is 13. The second-order valence-corrected chi connectivity index (χ2v) is 9.89. The largest absolute Gasteiger partial charge is 0.453 e. The molecule has 194 valence electrons. The number of carbonyl (C=O) groups is 3. The van der Waals surface area contributed by atoms with Crippen molar-refractivity contribution in [3.63, 3.8) is 0 Å². The summed E-state index contributed by atoms with van der Waals surface area (Å²) in [5, 5.41) is 2.85. The Kier molecular flexibility index (Phi) is 10.1. The van der Waals surface area contributed by atoms with E-state index in [1.54, 1.807) is 4.90 Å². The molecule has 1 fully saturated rings. The maximum absolute atomic E-state index is 13.6. The van der Waals surface area contributed by atoms with E-state index in [0.717, 1.165) is 56.9 Å². The Hall–Kier alpha value is -3.15. The number of Topliss-reactive ketones (excluding diaryl/α,β-unsaturated/α-hetero) is 1. The average Bonchev–Trinajstić information content (AvgIpc) is 2.89. The number of nitrogens with one attached hydrogen (secondary N) is 1. The van der Waals surface area contributed by atoms with Crippen molar-refractivity contribution in [2.45, 2.75) is 89.3 Å². The maximum Gasteiger partial charge on any atom is 0.410 e. The van der Waals surface area contributed by atoms with Gasteiger partial charge in [0.05, 0.1) is 13.2 Å². The first-order chi connectivity index (χ1) is 17.4. The number of hydrogen-bond acceptors (Lipinski definition) is 4. The van der Waals surface area contributed by atoms with Gasteiger partial charge in [-0.2, -0.15) is 0 Å². The summed E-state index contributed by atoms with van der Waals surface area (Å²) in [5.74, 6) is -1.22. The smallest absolute Gasteiger partial charge is 0.410 e. The second kappa shape index (κ2) is 13.2. The zero-order valence-corrected chi connectivity index (χ0v) is 21.9. The summed E-state index contributed by atoms with van der Waals surface area (Å²) in [5.41, 5.74) is 1.72. The second-order valence-electron chi connectivity index (χ2n) is 9.89. The van der Waals surface area contributed by atoms with E-state index < -0.39 is 29.4 Å². The Morgan fingerprint density at radius 3 is 2.19 bits per heavy atom. The average molecular weight is 493 g/mol. The van der Waals surface area contributed by atoms with Crippen LogP contribution in [0.15, 0.2) is 60.7 Å². The number of carbonyl (C=O) groups excluding carboxylic acids is 3. The summed E-state index contributed by atoms with van der Waals surface area (Å²) >= 11 is 0. The molecule has 1 saturated carbocycles. The highest BCUT2D eigenvalue weighted by atomic mass is 16.5. The molecule has 3 rings (SSSR count). The molecule has 0 aromatic heterocycles. The van der Waals surface area contributed by atoms with Crippen LogP contribution in [0, 0.1) is 0 Å². The molecule has 2 aromatic carbocycles. The summed E-state index contributed by atoms with van der Waals surface area (Å²) in [6, 6.07) is 18.7. The molecule has 6 nitrogen and oxygen atoms in total. The molecule has 2 aromatic rings. The predicted molar refractivity (Wildman–Crippen MR) is 142 cm³/mol. The van der Waals surface area contributed by atoms with Gasteiger partial charge < -0.3 is 10.1 Å². The standard InChI is InChI=1S/C30H40N2O4/c1-4-5-19-26(27(33)28(34)31-23(2)25-17-10-7-11-18-25)32(29(35)36-3)30(21-13-22-30)20-12-16-24-14-8-6-9-15-24/h6-11,14-15,17-18,23,26H,4-5,12-13,16,19-22H2,1-3H3,(H,31,34)/t23-,26+/m1/s1. The SMILES string of the molecule is CCCC[C@@H](C(=O)C(=O)N[C@H](C)c1ccccc1)N(C(=O)OC)C1(CCCc2ccccc2)CCC1. The van der Waals surface area contributed by atoms with Crippen molar-refractivity contribution in [2.24, 2.45) is 0 Å². The lowest BCUT2D eigenvalue weighted by molar-refractivity contribution is -0.143. The van der Waals surface area contributed by atoms with Gasteiger partial charge in [-0.15, -0.1) is 0 Å². The van der Waals surface area contributed by atoms with Gasteiger partial charge in [-0.25, -0.2) is 4.79 Å². The normalized spacial score (nSPS) is 15.8. The monoisotopic (exact) mass is 492 g/mol. The third-order valence-electron chi connectivity index (χ3n) is 7.43. The first-order valence-corrected chi connectivity index (χ1v) is 13.2. The van der Waals surface area contributed by atoms with E-state index in [9.17, 15) is 14.4 Å². The van der Waals surface area contributed by atoms with Crippen molar-refractivity contribution < 1.29 is 19.1 Å². The van der Waals surface area contributed by atoms with Crippen LogP contribution < -0.4 is 5.32 Å². The molecule has 0 radical (unpaired) electrons. The van der Waals surface area contributed by atoms with E-state index in [-0.39, 0.29) is 6.04 Å². The molecule has 2 amide bonds. The van der Waals surface area contributed by atoms with Gasteiger partial charge in [-0.3, -0.25) is 14.5 Å². The zero-order chi connectivity index (χ0) is 26.0. The van der Waals surface area contributed by atoms with Gasteiger partial charge >= 0.3 is 6.09 Å². The van der Waals surface area contributed by atoms with Crippen molar-refractivity contribution in [1.29, 1.82) is 0 Å². The minimum atomic E-state index is -0.836. The molecule has 0 unspecified atom stereocenters. The predicted octanol–water partition coefficient (Wildman–Crippen LogP) is 6.01. The molecule has 6 heteroatoms. The molecule has 2 atom stereocenters. The maximum atomic E-state index is 13.6. The van der Waals surface area contributed by atoms with Gasteiger partial charge in [0.1, 0.15) is 6.04 Å². The number of amides is 2. The van der Waals surface area contributed by atoms with E-state index >= 15 is 0 Å². The molecule has 0 aliphatic heterocycles. The molecule has 0 spiro atoms. The Balaban J connectivity index is 1.80. The number of ketones is 1. The van der Waals surface area contributed by atoms with Crippen molar-refractivity contribution in [3.05, 3.63) is 71.8 Å². The fourth-order valence-electron chi connectivity index (χ4n) is 5.23. The third kappa shape index (κ3) is 6.74. The molecule has 0 bridgehead atoms. The third-order valence-corrected chi connectivity index (χ3v) is 7.43. The van der Waals surface area contributed by atoms with E-state index in [0.29, 0.717) is 6.42 Å². The van der Waals surface area contributed by atoms with Crippen molar-refractivity contribution in [2.75, 3.05) is 7.11 Å². The van der Waals surface area contributed by atoms with Crippen LogP contribution in [0.25, 0.3) is 0 Å². The topological polar surface area (TPSA) is 75.7 Å². The molecular weight excluding hydrogens is 452 g/mol. The Morgan fingerprint density at radius 1 is 1.00 bits per heavy atom. The van der Waals surface area contributed by atoms with Crippen molar-refractivity contribution in [1.82, 2.24) is 10.2 Å². The van der Waals surface area contributed by atoms with Crippen molar-refractivity contribution in [3.8, 4) is 0 Å². The van der Waals surface area contributed by atoms with Crippen LogP contribution in [0.1, 0.15) is 82.4 Å². The van der Waals surface area contributed by atoms with Crippen LogP contribution >= 0.6 is 0 Å². The van der Waals surface area contributed by atoms with Gasteiger partial charge in [-0.1, -0.05) is 80.4 Å². The highest BCUT2D eigenvalue weighted by Gasteiger charge is 2.50. The lowest BCUT2D eigenvalue weighted by atomic mass is 9.70. The first kappa shape index (κ1) is 27.4. The van der Waals surface area contributed by atoms with E-state index in [1.807, 2.05) is 62.4 Å². The fraction of sp³-hybridized carbons (Fsp3) is 0.500. The van der Waals surface area contributed by atoms with E-state index in [1.165, 1.54) is 12.7 Å². The minimum absolute atomic E-state index is 0.315. The van der Waals surface area contributed by atoms with Crippen LogP contribution in [-0.4, -0.2) is 41.4 Å². The van der Waals surface area contributed by atoms with Gasteiger partial charge in [-0.05, 0) is 63.0 Å².